The molecule has 0 aromatic rings. The van der Waals surface area contributed by atoms with Gasteiger partial charge < -0.3 is 4.74 Å². The van der Waals surface area contributed by atoms with Gasteiger partial charge in [-0.25, -0.2) is 5.90 Å². The molecule has 60 valence electrons. The zero-order chi connectivity index (χ0) is 7.61. The van der Waals surface area contributed by atoms with Crippen LogP contribution in [0.15, 0.2) is 0 Å². The predicted molar refractivity (Wildman–Crippen MR) is 38.3 cm³/mol. The summed E-state index contributed by atoms with van der Waals surface area (Å²) < 4.78 is 5.40. The summed E-state index contributed by atoms with van der Waals surface area (Å²) in [6.45, 7) is 4.74. The van der Waals surface area contributed by atoms with Crippen LogP contribution in [0, 0.1) is 0 Å². The van der Waals surface area contributed by atoms with Crippen molar-refractivity contribution in [3.63, 3.8) is 0 Å². The van der Waals surface area contributed by atoms with Gasteiger partial charge in [0.1, 0.15) is 5.60 Å². The normalized spacial score (nSPS) is 27.3. The lowest BCUT2D eigenvalue weighted by molar-refractivity contribution is -0.109. The quantitative estimate of drug-likeness (QED) is 0.585. The molecule has 1 saturated heterocycles. The molecule has 0 spiro atoms. The van der Waals surface area contributed by atoms with Crippen molar-refractivity contribution in [2.75, 3.05) is 6.61 Å². The maximum Gasteiger partial charge on any atom is 0.110 e. The molecule has 0 saturated carbocycles. The van der Waals surface area contributed by atoms with Gasteiger partial charge in [-0.1, -0.05) is 0 Å². The average Bonchev–Trinajstić information content (AvgIpc) is 2.38. The van der Waals surface area contributed by atoms with Crippen LogP contribution in [-0.2, 0) is 9.57 Å². The Kier molecular flexibility index (Phi) is 2.28. The van der Waals surface area contributed by atoms with E-state index < -0.39 is 0 Å². The zero-order valence-corrected chi connectivity index (χ0v) is 6.59. The van der Waals surface area contributed by atoms with Crippen LogP contribution in [0.25, 0.3) is 0 Å². The third-order valence-electron chi connectivity index (χ3n) is 2.01. The van der Waals surface area contributed by atoms with Crippen LogP contribution in [0.3, 0.4) is 0 Å². The molecule has 1 heterocycles. The van der Waals surface area contributed by atoms with Gasteiger partial charge in [-0.05, 0) is 26.7 Å². The molecule has 1 atom stereocenters. The van der Waals surface area contributed by atoms with Crippen LogP contribution in [0.4, 0.5) is 0 Å². The number of ether oxygens (including phenoxy) is 1. The molecule has 2 N–H and O–H groups in total. The van der Waals surface area contributed by atoms with Crippen LogP contribution in [0.2, 0.25) is 0 Å². The van der Waals surface area contributed by atoms with E-state index in [2.05, 4.69) is 0 Å². The number of nitrogens with two attached hydrogens (primary N) is 1. The lowest BCUT2D eigenvalue weighted by Gasteiger charge is -2.27. The summed E-state index contributed by atoms with van der Waals surface area (Å²) in [7, 11) is 0. The third-order valence-corrected chi connectivity index (χ3v) is 2.01. The number of hydrogen-bond acceptors (Lipinski definition) is 3. The maximum absolute atomic E-state index is 5.40. The first kappa shape index (κ1) is 7.98. The molecule has 1 aliphatic rings. The molecule has 3 heteroatoms. The Balaban J connectivity index is 2.45. The zero-order valence-electron chi connectivity index (χ0n) is 6.59. The Morgan fingerprint density at radius 3 is 2.70 bits per heavy atom. The molecular formula is C7H15NO2. The van der Waals surface area contributed by atoms with Crippen molar-refractivity contribution in [3.8, 4) is 0 Å². The smallest absolute Gasteiger partial charge is 0.110 e. The molecular weight excluding hydrogens is 130 g/mol. The van der Waals surface area contributed by atoms with E-state index >= 15 is 0 Å². The molecule has 0 aliphatic carbocycles. The third kappa shape index (κ3) is 1.48. The van der Waals surface area contributed by atoms with Crippen LogP contribution in [-0.4, -0.2) is 18.3 Å². The molecule has 0 aromatic carbocycles. The Morgan fingerprint density at radius 2 is 2.30 bits per heavy atom. The second kappa shape index (κ2) is 2.86. The minimum atomic E-state index is -0.323. The van der Waals surface area contributed by atoms with Crippen molar-refractivity contribution in [2.45, 2.75) is 38.4 Å². The van der Waals surface area contributed by atoms with Crippen molar-refractivity contribution in [2.24, 2.45) is 5.90 Å². The van der Waals surface area contributed by atoms with Gasteiger partial charge in [0.2, 0.25) is 0 Å². The van der Waals surface area contributed by atoms with E-state index in [4.69, 9.17) is 15.5 Å². The molecule has 0 bridgehead atoms. The topological polar surface area (TPSA) is 44.5 Å². The first-order valence-electron chi connectivity index (χ1n) is 3.66. The van der Waals surface area contributed by atoms with Crippen LogP contribution in [0.1, 0.15) is 26.7 Å². The molecule has 1 unspecified atom stereocenters. The predicted octanol–water partition coefficient (Wildman–Crippen LogP) is 0.834. The largest absolute Gasteiger partial charge is 0.375 e. The van der Waals surface area contributed by atoms with E-state index in [1.165, 1.54) is 0 Å². The van der Waals surface area contributed by atoms with Gasteiger partial charge in [0.15, 0.2) is 0 Å². The minimum Gasteiger partial charge on any atom is -0.375 e. The summed E-state index contributed by atoms with van der Waals surface area (Å²) in [5.41, 5.74) is -0.323. The SMILES string of the molecule is CC(C)(ON)C1CCCO1. The van der Waals surface area contributed by atoms with Crippen LogP contribution in [0.5, 0.6) is 0 Å². The van der Waals surface area contributed by atoms with Crippen molar-refractivity contribution in [3.05, 3.63) is 0 Å². The molecule has 1 rings (SSSR count). The Hall–Kier alpha value is -0.120. The summed E-state index contributed by atoms with van der Waals surface area (Å²) in [5, 5.41) is 0. The Bertz CT molecular complexity index is 108. The lowest BCUT2D eigenvalue weighted by Crippen LogP contribution is -2.40. The summed E-state index contributed by atoms with van der Waals surface area (Å²) in [6.07, 6.45) is 2.36. The van der Waals surface area contributed by atoms with Crippen LogP contribution < -0.4 is 5.90 Å². The van der Waals surface area contributed by atoms with Crippen molar-refractivity contribution in [1.29, 1.82) is 0 Å². The highest BCUT2D eigenvalue weighted by Gasteiger charge is 2.33. The van der Waals surface area contributed by atoms with E-state index in [1.807, 2.05) is 13.8 Å². The first-order chi connectivity index (χ1) is 4.67. The monoisotopic (exact) mass is 145 g/mol. The second-order valence-corrected chi connectivity index (χ2v) is 3.22. The van der Waals surface area contributed by atoms with E-state index in [9.17, 15) is 0 Å². The van der Waals surface area contributed by atoms with Gasteiger partial charge in [-0.2, -0.15) is 0 Å². The van der Waals surface area contributed by atoms with Crippen LogP contribution >= 0.6 is 0 Å². The standard InChI is InChI=1S/C7H15NO2/c1-7(2,10-8)6-4-3-5-9-6/h6H,3-5,8H2,1-2H3. The molecule has 3 nitrogen and oxygen atoms in total. The molecule has 1 fully saturated rings. The van der Waals surface area contributed by atoms with Crippen molar-refractivity contribution in [1.82, 2.24) is 0 Å². The molecule has 0 amide bonds. The summed E-state index contributed by atoms with van der Waals surface area (Å²) in [4.78, 5) is 4.80. The average molecular weight is 145 g/mol. The maximum atomic E-state index is 5.40. The second-order valence-electron chi connectivity index (χ2n) is 3.22. The van der Waals surface area contributed by atoms with Gasteiger partial charge in [0.25, 0.3) is 0 Å². The van der Waals surface area contributed by atoms with E-state index in [0.29, 0.717) is 0 Å². The van der Waals surface area contributed by atoms with Gasteiger partial charge in [0, 0.05) is 6.61 Å². The summed E-state index contributed by atoms with van der Waals surface area (Å²) in [5.74, 6) is 5.11. The van der Waals surface area contributed by atoms with Gasteiger partial charge in [0.05, 0.1) is 6.10 Å². The van der Waals surface area contributed by atoms with E-state index in [-0.39, 0.29) is 11.7 Å². The molecule has 0 radical (unpaired) electrons. The molecule has 1 aliphatic heterocycles. The fourth-order valence-corrected chi connectivity index (χ4v) is 1.20. The van der Waals surface area contributed by atoms with E-state index in [0.717, 1.165) is 19.4 Å². The van der Waals surface area contributed by atoms with Gasteiger partial charge in [-0.15, -0.1) is 0 Å². The highest BCUT2D eigenvalue weighted by atomic mass is 16.6. The number of hydrogen-bond donors (Lipinski definition) is 1. The van der Waals surface area contributed by atoms with Crippen molar-refractivity contribution >= 4 is 0 Å². The highest BCUT2D eigenvalue weighted by molar-refractivity contribution is 4.82. The van der Waals surface area contributed by atoms with Gasteiger partial charge >= 0.3 is 0 Å². The fourth-order valence-electron chi connectivity index (χ4n) is 1.20. The molecule has 10 heavy (non-hydrogen) atoms. The fraction of sp³-hybridized carbons (Fsp3) is 1.00. The van der Waals surface area contributed by atoms with Gasteiger partial charge in [-0.3, -0.25) is 4.84 Å². The van der Waals surface area contributed by atoms with E-state index in [1.54, 1.807) is 0 Å². The molecule has 0 aromatic heterocycles. The first-order valence-corrected chi connectivity index (χ1v) is 3.66. The summed E-state index contributed by atoms with van der Waals surface area (Å²) in [6, 6.07) is 0. The Morgan fingerprint density at radius 1 is 1.60 bits per heavy atom. The highest BCUT2D eigenvalue weighted by Crippen LogP contribution is 2.24. The number of rotatable bonds is 2. The Labute approximate surface area is 61.4 Å². The lowest BCUT2D eigenvalue weighted by atomic mass is 9.99. The summed E-state index contributed by atoms with van der Waals surface area (Å²) >= 11 is 0. The minimum absolute atomic E-state index is 0.178. The van der Waals surface area contributed by atoms with Crippen molar-refractivity contribution < 1.29 is 9.57 Å².